The van der Waals surface area contributed by atoms with E-state index in [-0.39, 0.29) is 17.3 Å². The Morgan fingerprint density at radius 1 is 0.837 bits per heavy atom. The molecule has 0 aliphatic carbocycles. The zero-order chi connectivity index (χ0) is 30.8. The molecular weight excluding hydrogens is 568 g/mol. The van der Waals surface area contributed by atoms with Gasteiger partial charge in [0.15, 0.2) is 0 Å². The van der Waals surface area contributed by atoms with Crippen LogP contribution in [0.5, 0.6) is 5.75 Å². The number of carbonyl (C=O) groups is 3. The maximum atomic E-state index is 13.3. The molecule has 3 amide bonds. The van der Waals surface area contributed by atoms with Gasteiger partial charge in [-0.3, -0.25) is 24.5 Å². The summed E-state index contributed by atoms with van der Waals surface area (Å²) in [6.45, 7) is 1.74. The number of amides is 3. The smallest absolute Gasteiger partial charge is 0.272 e. The van der Waals surface area contributed by atoms with E-state index in [1.165, 1.54) is 36.0 Å². The van der Waals surface area contributed by atoms with Gasteiger partial charge in [0.05, 0.1) is 17.3 Å². The third-order valence-electron chi connectivity index (χ3n) is 6.10. The third-order valence-corrected chi connectivity index (χ3v) is 7.21. The number of anilines is 2. The molecule has 3 N–H and O–H groups in total. The van der Waals surface area contributed by atoms with Crippen molar-refractivity contribution in [3.8, 4) is 5.75 Å². The summed E-state index contributed by atoms with van der Waals surface area (Å²) in [6, 6.07) is 28.2. The lowest BCUT2D eigenvalue weighted by atomic mass is 10.1. The first-order valence-electron chi connectivity index (χ1n) is 13.1. The molecule has 4 aromatic carbocycles. The zero-order valence-corrected chi connectivity index (χ0v) is 24.1. The Balaban J connectivity index is 1.41. The Kier molecular flexibility index (Phi) is 10.3. The molecule has 11 heteroatoms. The number of non-ortho nitro benzene ring substituents is 1. The van der Waals surface area contributed by atoms with Gasteiger partial charge in [0.25, 0.3) is 17.5 Å². The van der Waals surface area contributed by atoms with Gasteiger partial charge in [0, 0.05) is 34.0 Å². The summed E-state index contributed by atoms with van der Waals surface area (Å²) in [4.78, 5) is 49.9. The van der Waals surface area contributed by atoms with E-state index in [1.54, 1.807) is 99.0 Å². The molecule has 0 aliphatic heterocycles. The van der Waals surface area contributed by atoms with Crippen LogP contribution in [0.4, 0.5) is 17.1 Å². The summed E-state index contributed by atoms with van der Waals surface area (Å²) in [5, 5.41) is 18.6. The fourth-order valence-electron chi connectivity index (χ4n) is 3.79. The largest absolute Gasteiger partial charge is 0.497 e. The van der Waals surface area contributed by atoms with Crippen molar-refractivity contribution in [1.82, 2.24) is 5.32 Å². The van der Waals surface area contributed by atoms with E-state index in [0.29, 0.717) is 28.3 Å². The van der Waals surface area contributed by atoms with Crippen LogP contribution < -0.4 is 20.7 Å². The number of benzene rings is 4. The minimum absolute atomic E-state index is 0.0500. The second-order valence-corrected chi connectivity index (χ2v) is 10.6. The number of nitrogens with one attached hydrogen (secondary N) is 3. The van der Waals surface area contributed by atoms with Crippen LogP contribution in [-0.2, 0) is 9.59 Å². The highest BCUT2D eigenvalue weighted by Crippen LogP contribution is 2.26. The highest BCUT2D eigenvalue weighted by molar-refractivity contribution is 8.00. The van der Waals surface area contributed by atoms with Crippen molar-refractivity contribution < 1.29 is 24.0 Å². The lowest BCUT2D eigenvalue weighted by Crippen LogP contribution is -2.30. The SMILES string of the molecule is COc1ccc(/C=C(\NC(=O)c2ccccc2)C(=O)Nc2ccc(SC(C)C(=O)Nc3ccc([N+](=O)[O-])cc3)cc2)cc1. The van der Waals surface area contributed by atoms with E-state index in [1.807, 2.05) is 0 Å². The minimum atomic E-state index is -0.517. The number of thioether (sulfide) groups is 1. The van der Waals surface area contributed by atoms with Crippen molar-refractivity contribution in [1.29, 1.82) is 0 Å². The number of methoxy groups -OCH3 is 1. The second kappa shape index (κ2) is 14.5. The van der Waals surface area contributed by atoms with Crippen LogP contribution in [0.2, 0.25) is 0 Å². The van der Waals surface area contributed by atoms with Crippen molar-refractivity contribution in [3.05, 3.63) is 130 Å². The minimum Gasteiger partial charge on any atom is -0.497 e. The number of nitro benzene ring substituents is 1. The third kappa shape index (κ3) is 8.78. The summed E-state index contributed by atoms with van der Waals surface area (Å²) in [5.41, 5.74) is 2.03. The summed E-state index contributed by atoms with van der Waals surface area (Å²) in [7, 11) is 1.56. The highest BCUT2D eigenvalue weighted by Gasteiger charge is 2.17. The molecule has 43 heavy (non-hydrogen) atoms. The lowest BCUT2D eigenvalue weighted by Gasteiger charge is -2.13. The van der Waals surface area contributed by atoms with E-state index < -0.39 is 22.0 Å². The van der Waals surface area contributed by atoms with Gasteiger partial charge in [0.2, 0.25) is 5.91 Å². The van der Waals surface area contributed by atoms with E-state index in [4.69, 9.17) is 4.74 Å². The fraction of sp³-hybridized carbons (Fsp3) is 0.0938. The lowest BCUT2D eigenvalue weighted by molar-refractivity contribution is -0.384. The van der Waals surface area contributed by atoms with E-state index in [0.717, 1.165) is 4.90 Å². The van der Waals surface area contributed by atoms with Gasteiger partial charge in [-0.25, -0.2) is 0 Å². The standard InChI is InChI=1S/C32H28N4O6S/c1-21(30(37)33-24-10-14-26(15-11-24)36(40)41)43-28-18-12-25(13-19-28)34-32(39)29(20-22-8-16-27(42-2)17-9-22)35-31(38)23-6-4-3-5-7-23/h3-21H,1-2H3,(H,33,37)(H,34,39)(H,35,38)/b29-20-. The van der Waals surface area contributed by atoms with Gasteiger partial charge in [-0.2, -0.15) is 0 Å². The topological polar surface area (TPSA) is 140 Å². The number of hydrogen-bond acceptors (Lipinski definition) is 7. The number of carbonyl (C=O) groups excluding carboxylic acids is 3. The number of nitrogens with zero attached hydrogens (tertiary/aromatic N) is 1. The average Bonchev–Trinajstić information content (AvgIpc) is 3.02. The maximum absolute atomic E-state index is 13.3. The summed E-state index contributed by atoms with van der Waals surface area (Å²) < 4.78 is 5.19. The molecule has 218 valence electrons. The normalized spacial score (nSPS) is 11.6. The quantitative estimate of drug-likeness (QED) is 0.0819. The molecule has 10 nitrogen and oxygen atoms in total. The molecular formula is C32H28N4O6S. The van der Waals surface area contributed by atoms with Gasteiger partial charge in [-0.1, -0.05) is 30.3 Å². The Hall–Kier alpha value is -5.42. The molecule has 1 unspecified atom stereocenters. The molecule has 4 rings (SSSR count). The molecule has 0 bridgehead atoms. The van der Waals surface area contributed by atoms with Crippen LogP contribution in [0.25, 0.3) is 6.08 Å². The molecule has 0 aliphatic rings. The molecule has 0 fully saturated rings. The predicted molar refractivity (Wildman–Crippen MR) is 167 cm³/mol. The molecule has 0 radical (unpaired) electrons. The number of hydrogen-bond donors (Lipinski definition) is 3. The maximum Gasteiger partial charge on any atom is 0.272 e. The van der Waals surface area contributed by atoms with Gasteiger partial charge >= 0.3 is 0 Å². The second-order valence-electron chi connectivity index (χ2n) is 9.18. The molecule has 1 atom stereocenters. The Morgan fingerprint density at radius 3 is 2.05 bits per heavy atom. The van der Waals surface area contributed by atoms with Crippen molar-refractivity contribution in [2.45, 2.75) is 17.1 Å². The predicted octanol–water partition coefficient (Wildman–Crippen LogP) is 6.13. The molecule has 0 spiro atoms. The summed E-state index contributed by atoms with van der Waals surface area (Å²) in [6.07, 6.45) is 1.57. The molecule has 0 heterocycles. The van der Waals surface area contributed by atoms with Crippen molar-refractivity contribution in [2.75, 3.05) is 17.7 Å². The van der Waals surface area contributed by atoms with Crippen molar-refractivity contribution in [3.63, 3.8) is 0 Å². The first kappa shape index (κ1) is 30.5. The van der Waals surface area contributed by atoms with Gasteiger partial charge in [-0.15, -0.1) is 11.8 Å². The van der Waals surface area contributed by atoms with Gasteiger partial charge in [-0.05, 0) is 79.2 Å². The van der Waals surface area contributed by atoms with Crippen LogP contribution in [0.15, 0.2) is 114 Å². The van der Waals surface area contributed by atoms with Crippen LogP contribution in [0.1, 0.15) is 22.8 Å². The van der Waals surface area contributed by atoms with Crippen LogP contribution in [0.3, 0.4) is 0 Å². The van der Waals surface area contributed by atoms with Gasteiger partial charge < -0.3 is 20.7 Å². The Morgan fingerprint density at radius 2 is 1.44 bits per heavy atom. The number of nitro groups is 1. The summed E-state index contributed by atoms with van der Waals surface area (Å²) >= 11 is 1.31. The van der Waals surface area contributed by atoms with Crippen LogP contribution in [0, 0.1) is 10.1 Å². The van der Waals surface area contributed by atoms with E-state index in [9.17, 15) is 24.5 Å². The summed E-state index contributed by atoms with van der Waals surface area (Å²) in [5.74, 6) is -0.550. The van der Waals surface area contributed by atoms with Crippen molar-refractivity contribution in [2.24, 2.45) is 0 Å². The van der Waals surface area contributed by atoms with E-state index in [2.05, 4.69) is 16.0 Å². The number of ether oxygens (including phenoxy) is 1. The first-order chi connectivity index (χ1) is 20.7. The number of rotatable bonds is 11. The molecule has 0 saturated carbocycles. The average molecular weight is 597 g/mol. The fourth-order valence-corrected chi connectivity index (χ4v) is 4.66. The van der Waals surface area contributed by atoms with Crippen LogP contribution in [-0.4, -0.2) is 35.0 Å². The monoisotopic (exact) mass is 596 g/mol. The van der Waals surface area contributed by atoms with Gasteiger partial charge in [0.1, 0.15) is 11.4 Å². The highest BCUT2D eigenvalue weighted by atomic mass is 32.2. The first-order valence-corrected chi connectivity index (χ1v) is 14.0. The van der Waals surface area contributed by atoms with E-state index >= 15 is 0 Å². The Bertz CT molecular complexity index is 1620. The molecule has 0 saturated heterocycles. The Labute approximate surface area is 252 Å². The van der Waals surface area contributed by atoms with Crippen molar-refractivity contribution >= 4 is 52.6 Å². The molecule has 4 aromatic rings. The zero-order valence-electron chi connectivity index (χ0n) is 23.3. The van der Waals surface area contributed by atoms with Crippen LogP contribution >= 0.6 is 11.8 Å². The molecule has 0 aromatic heterocycles.